The van der Waals surface area contributed by atoms with Gasteiger partial charge in [-0.05, 0) is 47.7 Å². The van der Waals surface area contributed by atoms with Crippen LogP contribution in [0.5, 0.6) is 0 Å². The minimum absolute atomic E-state index is 0.0742. The Morgan fingerprint density at radius 3 is 2.74 bits per heavy atom. The second kappa shape index (κ2) is 7.77. The first-order chi connectivity index (χ1) is 12.8. The third-order valence-corrected chi connectivity index (χ3v) is 4.80. The topological polar surface area (TPSA) is 93.7 Å². The molecule has 2 amide bonds. The molecule has 10 heteroatoms. The van der Waals surface area contributed by atoms with Crippen LogP contribution in [0.25, 0.3) is 6.08 Å². The van der Waals surface area contributed by atoms with Gasteiger partial charge in [-0.3, -0.25) is 24.6 Å². The van der Waals surface area contributed by atoms with E-state index in [1.807, 2.05) is 0 Å². The summed E-state index contributed by atoms with van der Waals surface area (Å²) in [5.74, 6) is -1.19. The fourth-order valence-corrected chi connectivity index (χ4v) is 3.25. The third-order valence-electron chi connectivity index (χ3n) is 3.52. The first kappa shape index (κ1) is 18.9. The van der Waals surface area contributed by atoms with E-state index in [4.69, 9.17) is 16.0 Å². The van der Waals surface area contributed by atoms with Gasteiger partial charge in [-0.25, -0.2) is 4.39 Å². The molecule has 3 rings (SSSR count). The van der Waals surface area contributed by atoms with Crippen molar-refractivity contribution in [1.82, 2.24) is 4.90 Å². The Labute approximate surface area is 161 Å². The zero-order valence-electron chi connectivity index (χ0n) is 13.4. The lowest BCUT2D eigenvalue weighted by molar-refractivity contribution is -0.402. The van der Waals surface area contributed by atoms with Crippen molar-refractivity contribution in [2.45, 2.75) is 6.54 Å². The second-order valence-electron chi connectivity index (χ2n) is 5.32. The number of thioether (sulfide) groups is 1. The van der Waals surface area contributed by atoms with E-state index < -0.39 is 27.8 Å². The maximum absolute atomic E-state index is 13.1. The van der Waals surface area contributed by atoms with E-state index in [1.54, 1.807) is 0 Å². The van der Waals surface area contributed by atoms with Gasteiger partial charge in [0.15, 0.2) is 0 Å². The molecule has 0 radical (unpaired) electrons. The molecule has 0 unspecified atom stereocenters. The van der Waals surface area contributed by atoms with E-state index in [1.165, 1.54) is 42.5 Å². The molecular weight excluding hydrogens is 399 g/mol. The normalized spacial score (nSPS) is 16.1. The third kappa shape index (κ3) is 4.26. The molecule has 0 aliphatic carbocycles. The average Bonchev–Trinajstić information content (AvgIpc) is 3.18. The summed E-state index contributed by atoms with van der Waals surface area (Å²) in [7, 11) is 0. The van der Waals surface area contributed by atoms with Gasteiger partial charge in [0.25, 0.3) is 11.1 Å². The highest BCUT2D eigenvalue weighted by Gasteiger charge is 2.35. The molecule has 0 saturated carbocycles. The fourth-order valence-electron chi connectivity index (χ4n) is 2.23. The minimum atomic E-state index is -0.663. The van der Waals surface area contributed by atoms with Crippen LogP contribution >= 0.6 is 23.4 Å². The number of imide groups is 1. The zero-order valence-corrected chi connectivity index (χ0v) is 15.0. The summed E-state index contributed by atoms with van der Waals surface area (Å²) >= 11 is 6.68. The van der Waals surface area contributed by atoms with Crippen molar-refractivity contribution in [3.8, 4) is 0 Å². The Morgan fingerprint density at radius 2 is 2.07 bits per heavy atom. The molecule has 1 aromatic heterocycles. The monoisotopic (exact) mass is 408 g/mol. The summed E-state index contributed by atoms with van der Waals surface area (Å²) in [6, 6.07) is 6.33. The number of amides is 2. The van der Waals surface area contributed by atoms with Crippen LogP contribution in [-0.2, 0) is 11.3 Å². The first-order valence-corrected chi connectivity index (χ1v) is 8.65. The van der Waals surface area contributed by atoms with Crippen molar-refractivity contribution in [2.75, 3.05) is 0 Å². The number of rotatable bonds is 5. The maximum atomic E-state index is 13.1. The lowest BCUT2D eigenvalue weighted by Gasteiger charge is -2.13. The van der Waals surface area contributed by atoms with E-state index in [-0.39, 0.29) is 22.2 Å². The Bertz CT molecular complexity index is 1000. The predicted molar refractivity (Wildman–Crippen MR) is 97.4 cm³/mol. The number of allylic oxidation sites excluding steroid dienone is 2. The highest BCUT2D eigenvalue weighted by atomic mass is 35.5. The predicted octanol–water partition coefficient (Wildman–Crippen LogP) is 4.77. The molecule has 138 valence electrons. The Balaban J connectivity index is 1.71. The van der Waals surface area contributed by atoms with Crippen molar-refractivity contribution in [3.05, 3.63) is 79.7 Å². The summed E-state index contributed by atoms with van der Waals surface area (Å²) in [6.45, 7) is -0.0742. The molecular formula is C17H10ClFN2O5S. The molecule has 7 nitrogen and oxygen atoms in total. The van der Waals surface area contributed by atoms with Gasteiger partial charge in [0.2, 0.25) is 0 Å². The van der Waals surface area contributed by atoms with Crippen molar-refractivity contribution >= 4 is 46.5 Å². The quantitative estimate of drug-likeness (QED) is 0.401. The fraction of sp³-hybridized carbons (Fsp3) is 0.0588. The summed E-state index contributed by atoms with van der Waals surface area (Å²) < 4.78 is 18.1. The van der Waals surface area contributed by atoms with E-state index >= 15 is 0 Å². The number of carbonyl (C=O) groups is 2. The molecule has 0 bridgehead atoms. The Hall–Kier alpha value is -2.91. The summed E-state index contributed by atoms with van der Waals surface area (Å²) in [6.07, 6.45) is 4.29. The molecule has 1 aliphatic heterocycles. The van der Waals surface area contributed by atoms with Crippen LogP contribution in [0.1, 0.15) is 11.3 Å². The summed E-state index contributed by atoms with van der Waals surface area (Å²) in [5, 5.41) is 10.2. The summed E-state index contributed by atoms with van der Waals surface area (Å²) in [5.41, 5.74) is 0.444. The van der Waals surface area contributed by atoms with Crippen molar-refractivity contribution < 1.29 is 23.3 Å². The number of carbonyl (C=O) groups excluding carboxylic acids is 2. The lowest BCUT2D eigenvalue weighted by Crippen LogP contribution is -2.27. The highest BCUT2D eigenvalue weighted by molar-refractivity contribution is 8.18. The Morgan fingerprint density at radius 1 is 1.30 bits per heavy atom. The maximum Gasteiger partial charge on any atom is 0.433 e. The minimum Gasteiger partial charge on any atom is -0.401 e. The van der Waals surface area contributed by atoms with Crippen molar-refractivity contribution in [1.29, 1.82) is 0 Å². The highest BCUT2D eigenvalue weighted by Crippen LogP contribution is 2.33. The molecule has 0 N–H and O–H groups in total. The average molecular weight is 409 g/mol. The van der Waals surface area contributed by atoms with Crippen molar-refractivity contribution in [2.24, 2.45) is 0 Å². The molecule has 27 heavy (non-hydrogen) atoms. The number of nitrogens with zero attached hydrogens (tertiary/aromatic N) is 2. The van der Waals surface area contributed by atoms with Crippen LogP contribution in [0.15, 0.2) is 51.8 Å². The molecule has 1 saturated heterocycles. The SMILES string of the molecule is O=C1S/C(=C\C=C\c2ccc([N+](=O)[O-])o2)C(=O)N1Cc1ccc(F)cc1Cl. The molecule has 0 atom stereocenters. The first-order valence-electron chi connectivity index (χ1n) is 7.45. The molecule has 2 heterocycles. The van der Waals surface area contributed by atoms with Crippen LogP contribution in [0.3, 0.4) is 0 Å². The number of furan rings is 1. The summed E-state index contributed by atoms with van der Waals surface area (Å²) in [4.78, 5) is 35.5. The zero-order chi connectivity index (χ0) is 19.6. The van der Waals surface area contributed by atoms with Gasteiger partial charge in [0.1, 0.15) is 16.5 Å². The van der Waals surface area contributed by atoms with E-state index in [0.29, 0.717) is 5.56 Å². The van der Waals surface area contributed by atoms with Crippen molar-refractivity contribution in [3.63, 3.8) is 0 Å². The largest absolute Gasteiger partial charge is 0.433 e. The Kier molecular flexibility index (Phi) is 5.43. The van der Waals surface area contributed by atoms with Gasteiger partial charge in [-0.1, -0.05) is 23.7 Å². The van der Waals surface area contributed by atoms with Crippen LogP contribution in [0.4, 0.5) is 15.1 Å². The van der Waals surface area contributed by atoms with Gasteiger partial charge in [0, 0.05) is 5.02 Å². The van der Waals surface area contributed by atoms with Crippen LogP contribution < -0.4 is 0 Å². The number of benzene rings is 1. The van der Waals surface area contributed by atoms with Gasteiger partial charge in [-0.2, -0.15) is 0 Å². The van der Waals surface area contributed by atoms with Gasteiger partial charge in [0.05, 0.1) is 17.5 Å². The van der Waals surface area contributed by atoms with Gasteiger partial charge >= 0.3 is 5.88 Å². The number of hydrogen-bond donors (Lipinski definition) is 0. The molecule has 0 spiro atoms. The van der Waals surface area contributed by atoms with E-state index in [9.17, 15) is 24.1 Å². The second-order valence-corrected chi connectivity index (χ2v) is 6.72. The molecule has 1 aliphatic rings. The van der Waals surface area contributed by atoms with Crippen LogP contribution in [-0.4, -0.2) is 21.0 Å². The van der Waals surface area contributed by atoms with Crippen LogP contribution in [0.2, 0.25) is 5.02 Å². The molecule has 1 aromatic carbocycles. The molecule has 1 fully saturated rings. The smallest absolute Gasteiger partial charge is 0.401 e. The van der Waals surface area contributed by atoms with E-state index in [0.717, 1.165) is 22.7 Å². The van der Waals surface area contributed by atoms with E-state index in [2.05, 4.69) is 0 Å². The number of hydrogen-bond acceptors (Lipinski definition) is 6. The standard InChI is InChI=1S/C17H10ClFN2O5S/c18-13-8-11(19)5-4-10(13)9-20-16(22)14(27-17(20)23)3-1-2-12-6-7-15(26-12)21(24)25/h1-8H,9H2/b2-1+,14-3-. The number of halogens is 2. The lowest BCUT2D eigenvalue weighted by atomic mass is 10.2. The van der Waals surface area contributed by atoms with Crippen LogP contribution in [0, 0.1) is 15.9 Å². The van der Waals surface area contributed by atoms with Gasteiger partial charge in [-0.15, -0.1) is 0 Å². The molecule has 2 aromatic rings. The number of nitro groups is 1. The van der Waals surface area contributed by atoms with Gasteiger partial charge < -0.3 is 4.42 Å².